The molecule has 0 fully saturated rings. The molecule has 0 spiro atoms. The van der Waals surface area contributed by atoms with Crippen molar-refractivity contribution in [2.45, 2.75) is 78.2 Å². The fraction of sp³-hybridized carbons (Fsp3) is 0.200. The summed E-state index contributed by atoms with van der Waals surface area (Å²) in [5.41, 5.74) is 19.4. The Labute approximate surface area is 741 Å². The highest BCUT2D eigenvalue weighted by Crippen LogP contribution is 2.39. The molecular formula is C85H78Cl5N25O5S3. The summed E-state index contributed by atoms with van der Waals surface area (Å²) in [5.74, 6) is 0.732. The van der Waals surface area contributed by atoms with Crippen molar-refractivity contribution >= 4 is 151 Å². The predicted octanol–water partition coefficient (Wildman–Crippen LogP) is 19.4. The summed E-state index contributed by atoms with van der Waals surface area (Å²) >= 11 is 34.4. The minimum atomic E-state index is -0.157. The highest BCUT2D eigenvalue weighted by Gasteiger charge is 2.35. The Morgan fingerprint density at radius 2 is 0.862 bits per heavy atom. The van der Waals surface area contributed by atoms with Crippen LogP contribution < -0.4 is 26.6 Å². The molecule has 38 heteroatoms. The second kappa shape index (κ2) is 38.6. The third-order valence-corrected chi connectivity index (χ3v) is 24.3. The van der Waals surface area contributed by atoms with Gasteiger partial charge in [0.1, 0.15) is 27.8 Å². The molecule has 1 atom stereocenters. The van der Waals surface area contributed by atoms with Crippen molar-refractivity contribution in [3.8, 4) is 49.7 Å². The van der Waals surface area contributed by atoms with Gasteiger partial charge in [0.2, 0.25) is 0 Å². The number of carbonyl (C=O) groups is 5. The van der Waals surface area contributed by atoms with Gasteiger partial charge in [0.15, 0.2) is 5.82 Å². The lowest BCUT2D eigenvalue weighted by molar-refractivity contribution is 0.188. The van der Waals surface area contributed by atoms with Crippen LogP contribution in [0.2, 0.25) is 25.1 Å². The fourth-order valence-corrected chi connectivity index (χ4v) is 17.5. The largest absolute Gasteiger partial charge is 0.322 e. The van der Waals surface area contributed by atoms with Crippen LogP contribution in [0.3, 0.4) is 0 Å². The number of amides is 10. The first-order chi connectivity index (χ1) is 59.8. The molecule has 0 bridgehead atoms. The summed E-state index contributed by atoms with van der Waals surface area (Å²) in [7, 11) is 0. The Balaban J connectivity index is 0.000000114. The number of fused-ring (bicyclic) bond motifs is 5. The average Bonchev–Trinajstić information content (AvgIpc) is 1.65. The second-order valence-corrected chi connectivity index (χ2v) is 33.8. The number of urea groups is 5. The predicted molar refractivity (Wildman–Crippen MR) is 481 cm³/mol. The average molecular weight is 1800 g/mol. The Morgan fingerprint density at radius 1 is 0.431 bits per heavy atom. The van der Waals surface area contributed by atoms with Crippen LogP contribution in [0.15, 0.2) is 199 Å². The van der Waals surface area contributed by atoms with Gasteiger partial charge in [0.25, 0.3) is 0 Å². The molecule has 0 saturated heterocycles. The molecule has 30 nitrogen and oxygen atoms in total. The first kappa shape index (κ1) is 83.9. The number of H-pyrrole nitrogens is 5. The van der Waals surface area contributed by atoms with E-state index in [1.54, 1.807) is 121 Å². The lowest BCUT2D eigenvalue weighted by Gasteiger charge is -2.33. The van der Waals surface area contributed by atoms with E-state index in [2.05, 4.69) is 97.0 Å². The van der Waals surface area contributed by atoms with Crippen LogP contribution in [-0.4, -0.2) is 162 Å². The number of aromatic amines is 5. The third-order valence-electron chi connectivity index (χ3n) is 20.8. The molecule has 626 valence electrons. The van der Waals surface area contributed by atoms with E-state index in [1.165, 1.54) is 22.9 Å². The first-order valence-corrected chi connectivity index (χ1v) is 43.5. The SMILES string of the molecule is CC1c2c(-c3ccccc3)n[nH]c2CCN1C(=O)Nc1cccc(Cl)c1.Cc1nc(-c2n[nH]c3c2CN(C(=O)Nc2cccc(Cl)c2)CC3)cs1.O=C(Nc1cccc(Cl)c1)N1CCc2[nH]nc(-c3ccns3)c2C1.O=C(Nc1cccc(Cl)c1)N1CCc2[nH]nc(-c3nccs3)c2C1.O=C(Nc1cccc(Cl)c1)N1CCc2[nH]nc(-n3cccn3)c2C1. The molecule has 5 aliphatic rings. The minimum Gasteiger partial charge on any atom is -0.320 e. The highest BCUT2D eigenvalue weighted by molar-refractivity contribution is 7.13. The molecule has 20 rings (SSSR count). The van der Waals surface area contributed by atoms with Gasteiger partial charge in [-0.25, -0.2) is 43.0 Å². The van der Waals surface area contributed by atoms with Crippen molar-refractivity contribution < 1.29 is 24.0 Å². The number of thiazole rings is 2. The van der Waals surface area contributed by atoms with E-state index in [1.807, 2.05) is 133 Å². The van der Waals surface area contributed by atoms with Crippen LogP contribution in [0.5, 0.6) is 0 Å². The lowest BCUT2D eigenvalue weighted by atomic mass is 9.95. The number of aryl methyl sites for hydroxylation is 1. The smallest absolute Gasteiger partial charge is 0.320 e. The molecule has 10 N–H and O–H groups in total. The molecule has 10 amide bonds. The maximum atomic E-state index is 12.8. The molecule has 5 aliphatic heterocycles. The van der Waals surface area contributed by atoms with Crippen LogP contribution in [0.4, 0.5) is 52.4 Å². The standard InChI is InChI=1S/C20H19ClN4O.C17H16ClN5OS.C16H15ClN6O.2C16H14ClN5OS/c1-13-18-17(23-24-19(18)14-6-3-2-4-7-14)10-11-25(13)20(26)22-16-9-5-8-15(21)12-16;1-10-19-15(9-25-10)16-13-8-23(6-5-14(13)21-22-16)17(24)20-12-4-2-3-11(18)7-12;17-11-3-1-4-12(9-11)19-16(24)22-8-5-14-13(10-22)15(21-20-14)23-7-2-6-18-23;17-10-2-1-3-11(8-10)19-16(23)22-7-5-13-12(9-22)15(21-20-13)14-4-6-18-24-14;17-10-2-1-3-11(8-10)19-16(23)22-6-4-13-12(9-22)14(21-20-13)15-18-5-7-24-15/h2-9,12-13H,10-11H2,1H3,(H,22,26)(H,23,24);2-4,7,9H,5-6,8H2,1H3,(H,20,24)(H,21,22);1-4,6-7,9H,5,8,10H2,(H,19,24)(H,20,21);1-4,6,8H,5,7,9H2,(H,19,23)(H,20,21);1-3,5,7-8H,4,6,9H2,(H,19,23)(H,20,21). The molecule has 15 aromatic rings. The van der Waals surface area contributed by atoms with E-state index in [-0.39, 0.29) is 36.2 Å². The summed E-state index contributed by atoms with van der Waals surface area (Å²) in [5, 5.41) is 64.9. The van der Waals surface area contributed by atoms with Gasteiger partial charge < -0.3 is 51.1 Å². The summed E-state index contributed by atoms with van der Waals surface area (Å²) < 4.78 is 5.83. The summed E-state index contributed by atoms with van der Waals surface area (Å²) in [6.45, 7) is 9.20. The Kier molecular flexibility index (Phi) is 26.3. The van der Waals surface area contributed by atoms with Crippen LogP contribution in [0.1, 0.15) is 74.3 Å². The zero-order valence-electron chi connectivity index (χ0n) is 65.9. The van der Waals surface area contributed by atoms with Crippen molar-refractivity contribution in [1.82, 2.24) is 99.6 Å². The molecule has 6 aromatic carbocycles. The zero-order valence-corrected chi connectivity index (χ0v) is 72.1. The molecule has 1 unspecified atom stereocenters. The Bertz CT molecular complexity index is 5880. The molecule has 0 aliphatic carbocycles. The quantitative estimate of drug-likeness (QED) is 0.0609. The normalized spacial score (nSPS) is 14.2. The molecule has 123 heavy (non-hydrogen) atoms. The second-order valence-electron chi connectivity index (χ2n) is 28.8. The summed E-state index contributed by atoms with van der Waals surface area (Å²) in [6, 6.07) is 48.7. The fourth-order valence-electron chi connectivity index (χ4n) is 14.7. The number of hydrogen-bond acceptors (Lipinski definition) is 17. The third kappa shape index (κ3) is 20.2. The van der Waals surface area contributed by atoms with Gasteiger partial charge in [-0.3, -0.25) is 25.5 Å². The Hall–Kier alpha value is -12.7. The molecular weight excluding hydrogens is 1720 g/mol. The van der Waals surface area contributed by atoms with Gasteiger partial charge in [-0.2, -0.15) is 30.6 Å². The lowest BCUT2D eigenvalue weighted by Crippen LogP contribution is -2.41. The maximum Gasteiger partial charge on any atom is 0.322 e. The van der Waals surface area contributed by atoms with Gasteiger partial charge >= 0.3 is 30.2 Å². The van der Waals surface area contributed by atoms with Crippen LogP contribution in [-0.2, 0) is 58.3 Å². The van der Waals surface area contributed by atoms with E-state index < -0.39 is 0 Å². The van der Waals surface area contributed by atoms with E-state index in [0.717, 1.165) is 143 Å². The van der Waals surface area contributed by atoms with Crippen molar-refractivity contribution in [1.29, 1.82) is 0 Å². The monoisotopic (exact) mass is 1800 g/mol. The molecule has 0 saturated carbocycles. The number of carbonyl (C=O) groups excluding carboxylic acids is 5. The van der Waals surface area contributed by atoms with Crippen molar-refractivity contribution in [2.24, 2.45) is 0 Å². The number of anilines is 5. The van der Waals surface area contributed by atoms with Gasteiger partial charge in [-0.1, -0.05) is 119 Å². The molecule has 0 radical (unpaired) electrons. The van der Waals surface area contributed by atoms with Crippen molar-refractivity contribution in [3.05, 3.63) is 286 Å². The first-order valence-electron chi connectivity index (χ1n) is 39.0. The number of aromatic nitrogens is 15. The van der Waals surface area contributed by atoms with E-state index in [0.29, 0.717) is 112 Å². The number of hydrogen-bond donors (Lipinski definition) is 10. The van der Waals surface area contributed by atoms with E-state index in [9.17, 15) is 24.0 Å². The Morgan fingerprint density at radius 3 is 1.31 bits per heavy atom. The molecule has 14 heterocycles. The van der Waals surface area contributed by atoms with E-state index >= 15 is 0 Å². The van der Waals surface area contributed by atoms with Gasteiger partial charge in [-0.05, 0) is 129 Å². The zero-order chi connectivity index (χ0) is 85.0. The van der Waals surface area contributed by atoms with Gasteiger partial charge in [-0.15, -0.1) is 22.7 Å². The molecule has 9 aromatic heterocycles. The minimum absolute atomic E-state index is 0.0770. The number of benzene rings is 6. The van der Waals surface area contributed by atoms with Crippen molar-refractivity contribution in [2.75, 3.05) is 59.3 Å². The summed E-state index contributed by atoms with van der Waals surface area (Å²) in [6.07, 6.45) is 10.8. The van der Waals surface area contributed by atoms with Crippen LogP contribution in [0, 0.1) is 6.92 Å². The van der Waals surface area contributed by atoms with E-state index in [4.69, 9.17) is 58.0 Å². The van der Waals surface area contributed by atoms with Gasteiger partial charge in [0, 0.05) is 216 Å². The van der Waals surface area contributed by atoms with Crippen LogP contribution in [0.25, 0.3) is 49.7 Å². The van der Waals surface area contributed by atoms with Crippen LogP contribution >= 0.6 is 92.2 Å². The number of rotatable bonds is 10. The number of nitrogens with one attached hydrogen (secondary N) is 10. The maximum absolute atomic E-state index is 12.8. The number of halogens is 5. The van der Waals surface area contributed by atoms with Gasteiger partial charge in [0.05, 0.1) is 47.8 Å². The topological polar surface area (TPSA) is 362 Å². The number of nitrogens with zero attached hydrogens (tertiary/aromatic N) is 15. The van der Waals surface area contributed by atoms with Crippen molar-refractivity contribution in [3.63, 3.8) is 0 Å². The summed E-state index contributed by atoms with van der Waals surface area (Å²) in [4.78, 5) is 81.8. The highest BCUT2D eigenvalue weighted by atomic mass is 35.5.